The molecule has 1 heterocycles. The third kappa shape index (κ3) is 8.05. The summed E-state index contributed by atoms with van der Waals surface area (Å²) in [6.45, 7) is -0.0487. The van der Waals surface area contributed by atoms with Gasteiger partial charge in [-0.1, -0.05) is 0 Å². The fraction of sp³-hybridized carbons (Fsp3) is 0.875. The van der Waals surface area contributed by atoms with Crippen LogP contribution < -0.4 is 11.1 Å². The molecule has 11 heteroatoms. The van der Waals surface area contributed by atoms with Crippen molar-refractivity contribution >= 4 is 11.9 Å². The van der Waals surface area contributed by atoms with Gasteiger partial charge in [-0.2, -0.15) is 0 Å². The predicted octanol–water partition coefficient (Wildman–Crippen LogP) is -2.72. The Hall–Kier alpha value is -1.34. The molecule has 27 heavy (non-hydrogen) atoms. The van der Waals surface area contributed by atoms with E-state index in [0.717, 1.165) is 0 Å². The zero-order valence-electron chi connectivity index (χ0n) is 15.1. The number of hydrogen-bond acceptors (Lipinski definition) is 9. The molecule has 0 bridgehead atoms. The van der Waals surface area contributed by atoms with Crippen LogP contribution in [0.2, 0.25) is 0 Å². The van der Waals surface area contributed by atoms with E-state index in [9.17, 15) is 24.9 Å². The first-order valence-corrected chi connectivity index (χ1v) is 8.95. The van der Waals surface area contributed by atoms with Crippen LogP contribution in [0.15, 0.2) is 0 Å². The number of nitrogens with two attached hydrogens (primary N) is 1. The van der Waals surface area contributed by atoms with E-state index in [4.69, 9.17) is 25.4 Å². The molecule has 1 amide bonds. The number of carboxylic acid groups (broad SMARTS) is 1. The Morgan fingerprint density at radius 1 is 1.11 bits per heavy atom. The highest BCUT2D eigenvalue weighted by atomic mass is 16.7. The van der Waals surface area contributed by atoms with Crippen LogP contribution >= 0.6 is 0 Å². The maximum Gasteiger partial charge on any atom is 0.320 e. The van der Waals surface area contributed by atoms with E-state index in [0.29, 0.717) is 32.2 Å². The molecule has 0 unspecified atom stereocenters. The van der Waals surface area contributed by atoms with Crippen LogP contribution in [0.1, 0.15) is 32.1 Å². The minimum absolute atomic E-state index is 0.0730. The summed E-state index contributed by atoms with van der Waals surface area (Å²) >= 11 is 0. The number of aliphatic hydroxyl groups is 4. The zero-order valence-corrected chi connectivity index (χ0v) is 15.1. The lowest BCUT2D eigenvalue weighted by Gasteiger charge is -2.39. The van der Waals surface area contributed by atoms with Gasteiger partial charge in [-0.3, -0.25) is 9.59 Å². The van der Waals surface area contributed by atoms with Gasteiger partial charge in [0, 0.05) is 13.0 Å². The fourth-order valence-corrected chi connectivity index (χ4v) is 2.57. The van der Waals surface area contributed by atoms with Crippen molar-refractivity contribution in [3.63, 3.8) is 0 Å². The Bertz CT molecular complexity index is 463. The largest absolute Gasteiger partial charge is 0.480 e. The first-order valence-electron chi connectivity index (χ1n) is 8.95. The number of aliphatic hydroxyl groups excluding tert-OH is 4. The van der Waals surface area contributed by atoms with Crippen molar-refractivity contribution in [3.8, 4) is 0 Å². The lowest BCUT2D eigenvalue weighted by molar-refractivity contribution is -0.301. The van der Waals surface area contributed by atoms with E-state index in [1.807, 2.05) is 0 Å². The second-order valence-corrected chi connectivity index (χ2v) is 6.46. The van der Waals surface area contributed by atoms with Gasteiger partial charge in [0.2, 0.25) is 5.91 Å². The van der Waals surface area contributed by atoms with Crippen LogP contribution in [0, 0.1) is 0 Å². The van der Waals surface area contributed by atoms with Crippen LogP contribution in [-0.4, -0.2) is 93.9 Å². The summed E-state index contributed by atoms with van der Waals surface area (Å²) in [5.41, 5.74) is 5.37. The number of rotatable bonds is 12. The molecule has 158 valence electrons. The minimum Gasteiger partial charge on any atom is -0.480 e. The number of aliphatic carboxylic acids is 1. The molecule has 0 aliphatic carbocycles. The maximum absolute atomic E-state index is 11.7. The lowest BCUT2D eigenvalue weighted by Crippen LogP contribution is -2.59. The minimum atomic E-state index is -1.50. The fourth-order valence-electron chi connectivity index (χ4n) is 2.57. The second kappa shape index (κ2) is 12.2. The molecule has 0 radical (unpaired) electrons. The molecular weight excluding hydrogens is 364 g/mol. The van der Waals surface area contributed by atoms with Crippen LogP contribution in [0.4, 0.5) is 0 Å². The van der Waals surface area contributed by atoms with Gasteiger partial charge in [0.1, 0.15) is 30.5 Å². The number of unbranched alkanes of at least 4 members (excludes halogenated alkanes) is 1. The number of carboxylic acids is 1. The van der Waals surface area contributed by atoms with Gasteiger partial charge in [0.25, 0.3) is 0 Å². The molecule has 11 nitrogen and oxygen atoms in total. The van der Waals surface area contributed by atoms with E-state index in [2.05, 4.69) is 5.32 Å². The Morgan fingerprint density at radius 3 is 2.44 bits per heavy atom. The molecule has 0 aromatic rings. The number of amides is 1. The van der Waals surface area contributed by atoms with Gasteiger partial charge in [-0.25, -0.2) is 0 Å². The van der Waals surface area contributed by atoms with Gasteiger partial charge in [0.05, 0.1) is 13.2 Å². The van der Waals surface area contributed by atoms with Crippen molar-refractivity contribution < 1.29 is 44.6 Å². The number of carbonyl (C=O) groups is 2. The van der Waals surface area contributed by atoms with Crippen molar-refractivity contribution in [2.75, 3.05) is 19.8 Å². The number of carbonyl (C=O) groups excluding carboxylic acids is 1. The lowest BCUT2D eigenvalue weighted by atomic mass is 9.99. The van der Waals surface area contributed by atoms with Crippen molar-refractivity contribution in [1.82, 2.24) is 5.32 Å². The van der Waals surface area contributed by atoms with Gasteiger partial charge in [-0.15, -0.1) is 0 Å². The molecule has 0 aromatic carbocycles. The van der Waals surface area contributed by atoms with Crippen molar-refractivity contribution in [2.24, 2.45) is 5.73 Å². The number of hydrogen-bond donors (Lipinski definition) is 7. The highest BCUT2D eigenvalue weighted by Crippen LogP contribution is 2.22. The summed E-state index contributed by atoms with van der Waals surface area (Å²) in [6, 6.07) is -0.889. The maximum atomic E-state index is 11.7. The Labute approximate surface area is 157 Å². The summed E-state index contributed by atoms with van der Waals surface area (Å²) in [5, 5.41) is 49.5. The molecule has 1 aliphatic heterocycles. The van der Waals surface area contributed by atoms with E-state index >= 15 is 0 Å². The summed E-state index contributed by atoms with van der Waals surface area (Å²) in [5.74, 6) is -1.24. The first-order chi connectivity index (χ1) is 12.8. The molecule has 0 spiro atoms. The Balaban J connectivity index is 2.13. The van der Waals surface area contributed by atoms with Crippen LogP contribution in [0.5, 0.6) is 0 Å². The number of ether oxygens (including phenoxy) is 2. The monoisotopic (exact) mass is 394 g/mol. The first kappa shape index (κ1) is 23.7. The van der Waals surface area contributed by atoms with E-state index in [-0.39, 0.29) is 18.9 Å². The van der Waals surface area contributed by atoms with E-state index in [1.54, 1.807) is 0 Å². The summed E-state index contributed by atoms with van der Waals surface area (Å²) in [4.78, 5) is 22.2. The molecule has 1 fully saturated rings. The Morgan fingerprint density at radius 2 is 1.81 bits per heavy atom. The molecule has 1 aliphatic rings. The third-order valence-corrected chi connectivity index (χ3v) is 4.26. The number of nitrogens with one attached hydrogen (secondary N) is 1. The Kier molecular flexibility index (Phi) is 10.7. The van der Waals surface area contributed by atoms with Crippen molar-refractivity contribution in [1.29, 1.82) is 0 Å². The van der Waals surface area contributed by atoms with Gasteiger partial charge in [0.15, 0.2) is 6.29 Å². The topological polar surface area (TPSA) is 192 Å². The molecule has 8 N–H and O–H groups in total. The highest BCUT2D eigenvalue weighted by molar-refractivity contribution is 5.75. The normalized spacial score (nSPS) is 29.3. The quantitative estimate of drug-likeness (QED) is 0.171. The van der Waals surface area contributed by atoms with Crippen LogP contribution in [-0.2, 0) is 19.1 Å². The summed E-state index contributed by atoms with van der Waals surface area (Å²) in [6.07, 6.45) is -4.59. The van der Waals surface area contributed by atoms with E-state index in [1.165, 1.54) is 0 Å². The highest BCUT2D eigenvalue weighted by Gasteiger charge is 2.43. The van der Waals surface area contributed by atoms with Gasteiger partial charge in [-0.05, 0) is 25.7 Å². The van der Waals surface area contributed by atoms with Crippen molar-refractivity contribution in [3.05, 3.63) is 0 Å². The molecule has 0 saturated carbocycles. The van der Waals surface area contributed by atoms with E-state index < -0.39 is 49.3 Å². The van der Waals surface area contributed by atoms with Crippen LogP contribution in [0.25, 0.3) is 0 Å². The molecular formula is C16H30N2O9. The van der Waals surface area contributed by atoms with Crippen molar-refractivity contribution in [2.45, 2.75) is 68.9 Å². The summed E-state index contributed by atoms with van der Waals surface area (Å²) < 4.78 is 10.5. The van der Waals surface area contributed by atoms with Gasteiger partial charge < -0.3 is 46.1 Å². The summed E-state index contributed by atoms with van der Waals surface area (Å²) in [7, 11) is 0. The standard InChI is InChI=1S/C16H30N2O9/c17-9(15(24)25)4-1-2-6-18-11(20)5-3-7-26-16-14(23)13(22)12(21)10(8-19)27-16/h9-10,12-14,16,19,21-23H,1-8,17H2,(H,18,20)(H,24,25)/t9-,10+,12-,13-,14+,16+/m0/s1. The second-order valence-electron chi connectivity index (χ2n) is 6.46. The molecule has 6 atom stereocenters. The molecule has 0 aromatic heterocycles. The molecule has 1 rings (SSSR count). The zero-order chi connectivity index (χ0) is 20.4. The van der Waals surface area contributed by atoms with Crippen LogP contribution in [0.3, 0.4) is 0 Å². The third-order valence-electron chi connectivity index (χ3n) is 4.26. The predicted molar refractivity (Wildman–Crippen MR) is 91.4 cm³/mol. The smallest absolute Gasteiger partial charge is 0.320 e. The SMILES string of the molecule is N[C@@H](CCCCNC(=O)CCCO[C@@H]1O[C@H](CO)[C@H](O)[C@H](O)[C@H]1O)C(=O)O. The average Bonchev–Trinajstić information content (AvgIpc) is 2.64. The average molecular weight is 394 g/mol. The molecule has 1 saturated heterocycles. The van der Waals surface area contributed by atoms with Gasteiger partial charge >= 0.3 is 5.97 Å².